The number of rotatable bonds is 5. The van der Waals surface area contributed by atoms with Crippen molar-refractivity contribution in [3.05, 3.63) is 29.8 Å². The first-order chi connectivity index (χ1) is 9.85. The number of amides is 1. The fourth-order valence-electron chi connectivity index (χ4n) is 2.03. The normalized spacial score (nSPS) is 15.6. The van der Waals surface area contributed by atoms with E-state index in [1.54, 1.807) is 6.92 Å². The zero-order valence-corrected chi connectivity index (χ0v) is 12.3. The highest BCUT2D eigenvalue weighted by atomic mass is 32.2. The Morgan fingerprint density at radius 2 is 1.86 bits per heavy atom. The Labute approximate surface area is 122 Å². The van der Waals surface area contributed by atoms with Gasteiger partial charge in [0.1, 0.15) is 0 Å². The predicted octanol–water partition coefficient (Wildman–Crippen LogP) is 0.141. The van der Waals surface area contributed by atoms with E-state index in [0.717, 1.165) is 0 Å². The number of carbonyl (C=O) groups excluding carboxylic acids is 1. The minimum absolute atomic E-state index is 0.0907. The van der Waals surface area contributed by atoms with Crippen LogP contribution in [0.2, 0.25) is 0 Å². The van der Waals surface area contributed by atoms with Crippen molar-refractivity contribution in [2.75, 3.05) is 19.6 Å². The largest absolute Gasteiger partial charge is 0.481 e. The van der Waals surface area contributed by atoms with Crippen molar-refractivity contribution < 1.29 is 23.1 Å². The number of likely N-dealkylation sites (tertiary alicyclic amines) is 1. The average Bonchev–Trinajstić information content (AvgIpc) is 2.36. The standard InChI is InChI=1S/C13H16N2O5S/c1-2-14-21(19,20)11-5-3-9(4-6-11)12(16)15-7-10(8-15)13(17)18/h3-6,10,14H,2,7-8H2,1H3,(H,17,18). The molecule has 1 saturated heterocycles. The molecule has 2 N–H and O–H groups in total. The molecule has 0 radical (unpaired) electrons. The number of benzene rings is 1. The Bertz CT molecular complexity index is 648. The average molecular weight is 312 g/mol. The smallest absolute Gasteiger partial charge is 0.310 e. The highest BCUT2D eigenvalue weighted by molar-refractivity contribution is 7.89. The summed E-state index contributed by atoms with van der Waals surface area (Å²) in [6.45, 7) is 2.34. The minimum Gasteiger partial charge on any atom is -0.481 e. The van der Waals surface area contributed by atoms with Gasteiger partial charge in [-0.1, -0.05) is 6.92 Å². The van der Waals surface area contributed by atoms with Crippen LogP contribution in [0.5, 0.6) is 0 Å². The second-order valence-corrected chi connectivity index (χ2v) is 6.54. The molecule has 1 fully saturated rings. The first-order valence-corrected chi connectivity index (χ1v) is 7.95. The van der Waals surface area contributed by atoms with Crippen LogP contribution in [0.25, 0.3) is 0 Å². The van der Waals surface area contributed by atoms with Crippen molar-refractivity contribution in [2.24, 2.45) is 5.92 Å². The molecule has 0 unspecified atom stereocenters. The second-order valence-electron chi connectivity index (χ2n) is 4.77. The molecule has 0 bridgehead atoms. The number of aliphatic carboxylic acids is 1. The number of sulfonamides is 1. The van der Waals surface area contributed by atoms with Crippen molar-refractivity contribution in [1.82, 2.24) is 9.62 Å². The molecule has 2 rings (SSSR count). The predicted molar refractivity (Wildman–Crippen MR) is 74.3 cm³/mol. The summed E-state index contributed by atoms with van der Waals surface area (Å²) in [7, 11) is -3.54. The fraction of sp³-hybridized carbons (Fsp3) is 0.385. The Morgan fingerprint density at radius 1 is 1.29 bits per heavy atom. The maximum atomic E-state index is 12.0. The van der Waals surface area contributed by atoms with E-state index >= 15 is 0 Å². The zero-order valence-electron chi connectivity index (χ0n) is 11.4. The minimum atomic E-state index is -3.54. The van der Waals surface area contributed by atoms with E-state index in [-0.39, 0.29) is 30.4 Å². The molecular formula is C13H16N2O5S. The molecule has 1 heterocycles. The lowest BCUT2D eigenvalue weighted by molar-refractivity contribution is -0.146. The van der Waals surface area contributed by atoms with Gasteiger partial charge < -0.3 is 10.0 Å². The van der Waals surface area contributed by atoms with Crippen LogP contribution in [-0.4, -0.2) is 49.9 Å². The van der Waals surface area contributed by atoms with Gasteiger partial charge in [-0.25, -0.2) is 13.1 Å². The van der Waals surface area contributed by atoms with Gasteiger partial charge >= 0.3 is 5.97 Å². The van der Waals surface area contributed by atoms with E-state index in [1.807, 2.05) is 0 Å². The van der Waals surface area contributed by atoms with Gasteiger partial charge in [-0.05, 0) is 24.3 Å². The molecule has 7 nitrogen and oxygen atoms in total. The van der Waals surface area contributed by atoms with Crippen LogP contribution in [0, 0.1) is 5.92 Å². The molecule has 0 spiro atoms. The molecule has 1 amide bonds. The molecule has 8 heteroatoms. The summed E-state index contributed by atoms with van der Waals surface area (Å²) in [6.07, 6.45) is 0. The number of hydrogen-bond donors (Lipinski definition) is 2. The number of nitrogens with zero attached hydrogens (tertiary/aromatic N) is 1. The second kappa shape index (κ2) is 5.82. The molecule has 0 saturated carbocycles. The Balaban J connectivity index is 2.06. The SMILES string of the molecule is CCNS(=O)(=O)c1ccc(C(=O)N2CC(C(=O)O)C2)cc1. The van der Waals surface area contributed by atoms with Crippen LogP contribution in [-0.2, 0) is 14.8 Å². The van der Waals surface area contributed by atoms with E-state index < -0.39 is 21.9 Å². The number of nitrogens with one attached hydrogen (secondary N) is 1. The van der Waals surface area contributed by atoms with Gasteiger partial charge in [0.25, 0.3) is 5.91 Å². The quantitative estimate of drug-likeness (QED) is 0.805. The lowest BCUT2D eigenvalue weighted by Crippen LogP contribution is -2.53. The van der Waals surface area contributed by atoms with E-state index in [1.165, 1.54) is 29.2 Å². The van der Waals surface area contributed by atoms with E-state index in [4.69, 9.17) is 5.11 Å². The lowest BCUT2D eigenvalue weighted by Gasteiger charge is -2.36. The lowest BCUT2D eigenvalue weighted by atomic mass is 9.99. The molecule has 0 aromatic heterocycles. The molecule has 0 aliphatic carbocycles. The van der Waals surface area contributed by atoms with Gasteiger partial charge in [-0.2, -0.15) is 0 Å². The third-order valence-electron chi connectivity index (χ3n) is 3.26. The van der Waals surface area contributed by atoms with Crippen LogP contribution < -0.4 is 4.72 Å². The van der Waals surface area contributed by atoms with E-state index in [0.29, 0.717) is 5.56 Å². The molecule has 1 aromatic carbocycles. The van der Waals surface area contributed by atoms with E-state index in [2.05, 4.69) is 4.72 Å². The summed E-state index contributed by atoms with van der Waals surface area (Å²) >= 11 is 0. The molecule has 114 valence electrons. The molecule has 1 aromatic rings. The summed E-state index contributed by atoms with van der Waals surface area (Å²) in [5, 5.41) is 8.77. The number of hydrogen-bond acceptors (Lipinski definition) is 4. The van der Waals surface area contributed by atoms with Crippen LogP contribution in [0.15, 0.2) is 29.2 Å². The topological polar surface area (TPSA) is 104 Å². The van der Waals surface area contributed by atoms with Crippen molar-refractivity contribution in [3.63, 3.8) is 0 Å². The zero-order chi connectivity index (χ0) is 15.6. The van der Waals surface area contributed by atoms with Crippen LogP contribution >= 0.6 is 0 Å². The Hall–Kier alpha value is -1.93. The van der Waals surface area contributed by atoms with Crippen LogP contribution in [0.1, 0.15) is 17.3 Å². The maximum absolute atomic E-state index is 12.0. The third kappa shape index (κ3) is 3.22. The van der Waals surface area contributed by atoms with Gasteiger partial charge in [-0.3, -0.25) is 9.59 Å². The molecular weight excluding hydrogens is 296 g/mol. The van der Waals surface area contributed by atoms with Crippen LogP contribution in [0.4, 0.5) is 0 Å². The summed E-state index contributed by atoms with van der Waals surface area (Å²) in [4.78, 5) is 24.3. The Kier molecular flexibility index (Phi) is 4.29. The highest BCUT2D eigenvalue weighted by Crippen LogP contribution is 2.19. The molecule has 1 aliphatic rings. The highest BCUT2D eigenvalue weighted by Gasteiger charge is 2.35. The van der Waals surface area contributed by atoms with Gasteiger partial charge in [0.15, 0.2) is 0 Å². The Morgan fingerprint density at radius 3 is 2.33 bits per heavy atom. The molecule has 21 heavy (non-hydrogen) atoms. The first kappa shape index (κ1) is 15.5. The monoisotopic (exact) mass is 312 g/mol. The van der Waals surface area contributed by atoms with Crippen LogP contribution in [0.3, 0.4) is 0 Å². The van der Waals surface area contributed by atoms with Crippen molar-refractivity contribution in [2.45, 2.75) is 11.8 Å². The summed E-state index contributed by atoms with van der Waals surface area (Å²) in [5.74, 6) is -1.71. The summed E-state index contributed by atoms with van der Waals surface area (Å²) < 4.78 is 25.9. The number of carboxylic acid groups (broad SMARTS) is 1. The maximum Gasteiger partial charge on any atom is 0.310 e. The number of carboxylic acids is 1. The van der Waals surface area contributed by atoms with Gasteiger partial charge in [0.05, 0.1) is 10.8 Å². The fourth-order valence-corrected chi connectivity index (χ4v) is 3.07. The summed E-state index contributed by atoms with van der Waals surface area (Å²) in [6, 6.07) is 5.58. The van der Waals surface area contributed by atoms with Gasteiger partial charge in [0, 0.05) is 25.2 Å². The van der Waals surface area contributed by atoms with Gasteiger partial charge in [0.2, 0.25) is 10.0 Å². The number of carbonyl (C=O) groups is 2. The molecule has 0 atom stereocenters. The summed E-state index contributed by atoms with van der Waals surface area (Å²) in [5.41, 5.74) is 0.342. The van der Waals surface area contributed by atoms with Crippen molar-refractivity contribution in [1.29, 1.82) is 0 Å². The molecule has 1 aliphatic heterocycles. The van der Waals surface area contributed by atoms with Crippen molar-refractivity contribution >= 4 is 21.9 Å². The third-order valence-corrected chi connectivity index (χ3v) is 4.83. The van der Waals surface area contributed by atoms with Crippen molar-refractivity contribution in [3.8, 4) is 0 Å². The van der Waals surface area contributed by atoms with Gasteiger partial charge in [-0.15, -0.1) is 0 Å². The first-order valence-electron chi connectivity index (χ1n) is 6.47. The van der Waals surface area contributed by atoms with E-state index in [9.17, 15) is 18.0 Å².